The normalized spacial score (nSPS) is 14.5. The predicted molar refractivity (Wildman–Crippen MR) is 86.7 cm³/mol. The van der Waals surface area contributed by atoms with E-state index in [0.717, 1.165) is 0 Å². The maximum Gasteiger partial charge on any atom is 0.409 e. The largest absolute Gasteiger partial charge is 0.493 e. The number of carbonyl (C=O) groups excluding carboxylic acids is 2. The molecule has 7 heteroatoms. The van der Waals surface area contributed by atoms with E-state index in [1.165, 1.54) is 0 Å². The molecule has 1 aromatic rings. The lowest BCUT2D eigenvalue weighted by Gasteiger charge is -2.34. The van der Waals surface area contributed by atoms with Gasteiger partial charge in [0.2, 0.25) is 5.91 Å². The first kappa shape index (κ1) is 17.4. The van der Waals surface area contributed by atoms with E-state index in [9.17, 15) is 9.59 Å². The van der Waals surface area contributed by atoms with Gasteiger partial charge in [-0.3, -0.25) is 4.79 Å². The smallest absolute Gasteiger partial charge is 0.409 e. The molecular weight excluding hydrogens is 320 g/mol. The van der Waals surface area contributed by atoms with Crippen LogP contribution in [0.15, 0.2) is 24.3 Å². The molecular formula is C16H21ClN2O4. The van der Waals surface area contributed by atoms with Crippen LogP contribution in [0.5, 0.6) is 5.75 Å². The highest BCUT2D eigenvalue weighted by atomic mass is 35.5. The van der Waals surface area contributed by atoms with Gasteiger partial charge in [0.15, 0.2) is 0 Å². The third-order valence-electron chi connectivity index (χ3n) is 3.56. The summed E-state index contributed by atoms with van der Waals surface area (Å²) in [6.07, 6.45) is -0.00662. The summed E-state index contributed by atoms with van der Waals surface area (Å²) in [5, 5.41) is 0.646. The lowest BCUT2D eigenvalue weighted by Crippen LogP contribution is -2.50. The first-order chi connectivity index (χ1) is 11.1. The van der Waals surface area contributed by atoms with E-state index in [1.807, 2.05) is 0 Å². The predicted octanol–water partition coefficient (Wildman–Crippen LogP) is 2.41. The molecule has 2 amide bonds. The molecule has 0 aliphatic carbocycles. The van der Waals surface area contributed by atoms with Crippen molar-refractivity contribution in [2.75, 3.05) is 39.4 Å². The zero-order valence-corrected chi connectivity index (χ0v) is 13.9. The van der Waals surface area contributed by atoms with Gasteiger partial charge in [-0.25, -0.2) is 4.79 Å². The van der Waals surface area contributed by atoms with Gasteiger partial charge in [-0.2, -0.15) is 0 Å². The first-order valence-corrected chi connectivity index (χ1v) is 8.05. The number of benzene rings is 1. The van der Waals surface area contributed by atoms with E-state index < -0.39 is 0 Å². The van der Waals surface area contributed by atoms with E-state index in [2.05, 4.69) is 0 Å². The maximum absolute atomic E-state index is 12.1. The Hall–Kier alpha value is -1.95. The lowest BCUT2D eigenvalue weighted by atomic mass is 10.3. The fourth-order valence-corrected chi connectivity index (χ4v) is 2.42. The number of amides is 2. The molecule has 1 fully saturated rings. The van der Waals surface area contributed by atoms with Gasteiger partial charge in [-0.05, 0) is 31.2 Å². The maximum atomic E-state index is 12.1. The van der Waals surface area contributed by atoms with Crippen LogP contribution < -0.4 is 4.74 Å². The Kier molecular flexibility index (Phi) is 6.52. The molecule has 1 aliphatic heterocycles. The molecule has 0 bridgehead atoms. The van der Waals surface area contributed by atoms with Crippen LogP contribution in [0.1, 0.15) is 13.3 Å². The molecule has 0 saturated carbocycles. The van der Waals surface area contributed by atoms with Gasteiger partial charge in [0, 0.05) is 31.2 Å². The highest BCUT2D eigenvalue weighted by Gasteiger charge is 2.24. The molecule has 0 unspecified atom stereocenters. The third kappa shape index (κ3) is 5.32. The molecule has 6 nitrogen and oxygen atoms in total. The number of rotatable bonds is 5. The molecule has 23 heavy (non-hydrogen) atoms. The second-order valence-corrected chi connectivity index (χ2v) is 5.56. The van der Waals surface area contributed by atoms with E-state index in [4.69, 9.17) is 21.1 Å². The number of piperazine rings is 1. The lowest BCUT2D eigenvalue weighted by molar-refractivity contribution is -0.133. The van der Waals surface area contributed by atoms with Crippen LogP contribution in [0.4, 0.5) is 4.79 Å². The molecule has 1 saturated heterocycles. The summed E-state index contributed by atoms with van der Waals surface area (Å²) in [6.45, 7) is 4.51. The minimum absolute atomic E-state index is 0.0301. The fourth-order valence-electron chi connectivity index (χ4n) is 2.30. The average Bonchev–Trinajstić information content (AvgIpc) is 2.57. The Morgan fingerprint density at radius 2 is 1.70 bits per heavy atom. The Balaban J connectivity index is 1.68. The molecule has 0 atom stereocenters. The minimum Gasteiger partial charge on any atom is -0.493 e. The van der Waals surface area contributed by atoms with Gasteiger partial charge < -0.3 is 19.3 Å². The second-order valence-electron chi connectivity index (χ2n) is 5.12. The molecule has 0 N–H and O–H groups in total. The van der Waals surface area contributed by atoms with Crippen molar-refractivity contribution in [2.45, 2.75) is 13.3 Å². The fraction of sp³-hybridized carbons (Fsp3) is 0.500. The molecule has 1 aliphatic rings. The van der Waals surface area contributed by atoms with Crippen LogP contribution in [-0.4, -0.2) is 61.2 Å². The summed E-state index contributed by atoms with van der Waals surface area (Å²) in [5.41, 5.74) is 0. The second kappa shape index (κ2) is 8.62. The Bertz CT molecular complexity index is 527. The topological polar surface area (TPSA) is 59.1 Å². The highest BCUT2D eigenvalue weighted by molar-refractivity contribution is 6.30. The molecule has 0 radical (unpaired) electrons. The van der Waals surface area contributed by atoms with E-state index in [-0.39, 0.29) is 12.0 Å². The van der Waals surface area contributed by atoms with Crippen LogP contribution in [0, 0.1) is 0 Å². The number of carbonyl (C=O) groups is 2. The van der Waals surface area contributed by atoms with Crippen LogP contribution in [-0.2, 0) is 9.53 Å². The van der Waals surface area contributed by atoms with Crippen LogP contribution in [0.2, 0.25) is 5.02 Å². The zero-order chi connectivity index (χ0) is 16.7. The van der Waals surface area contributed by atoms with Crippen LogP contribution >= 0.6 is 11.6 Å². The van der Waals surface area contributed by atoms with Crippen molar-refractivity contribution in [3.05, 3.63) is 29.3 Å². The SMILES string of the molecule is CCOC(=O)N1CCN(C(=O)CCOc2ccc(Cl)cc2)CC1. The summed E-state index contributed by atoms with van der Waals surface area (Å²) in [7, 11) is 0. The van der Waals surface area contributed by atoms with Gasteiger partial charge in [-0.15, -0.1) is 0 Å². The van der Waals surface area contributed by atoms with Crippen molar-refractivity contribution in [1.82, 2.24) is 9.80 Å². The van der Waals surface area contributed by atoms with Gasteiger partial charge in [0.1, 0.15) is 5.75 Å². The van der Waals surface area contributed by atoms with E-state index >= 15 is 0 Å². The van der Waals surface area contributed by atoms with Gasteiger partial charge in [0.25, 0.3) is 0 Å². The summed E-state index contributed by atoms with van der Waals surface area (Å²) < 4.78 is 10.5. The van der Waals surface area contributed by atoms with Crippen molar-refractivity contribution in [2.24, 2.45) is 0 Å². The molecule has 2 rings (SSSR count). The standard InChI is InChI=1S/C16H21ClN2O4/c1-2-22-16(21)19-10-8-18(9-11-19)15(20)7-12-23-14-5-3-13(17)4-6-14/h3-6H,2,7-12H2,1H3. The monoisotopic (exact) mass is 340 g/mol. The number of halogens is 1. The molecule has 0 spiro atoms. The molecule has 0 aromatic heterocycles. The number of hydrogen-bond donors (Lipinski definition) is 0. The van der Waals surface area contributed by atoms with Crippen molar-refractivity contribution >= 4 is 23.6 Å². The van der Waals surface area contributed by atoms with Gasteiger partial charge in [0.05, 0.1) is 19.6 Å². The van der Waals surface area contributed by atoms with Gasteiger partial charge in [-0.1, -0.05) is 11.6 Å². The Morgan fingerprint density at radius 3 is 2.30 bits per heavy atom. The number of ether oxygens (including phenoxy) is 2. The third-order valence-corrected chi connectivity index (χ3v) is 3.81. The molecule has 126 valence electrons. The van der Waals surface area contributed by atoms with Gasteiger partial charge >= 0.3 is 6.09 Å². The zero-order valence-electron chi connectivity index (χ0n) is 13.2. The summed E-state index contributed by atoms with van der Waals surface area (Å²) in [5.74, 6) is 0.719. The first-order valence-electron chi connectivity index (χ1n) is 7.68. The van der Waals surface area contributed by atoms with E-state index in [0.29, 0.717) is 56.6 Å². The minimum atomic E-state index is -0.314. The van der Waals surface area contributed by atoms with Crippen molar-refractivity contribution in [3.8, 4) is 5.75 Å². The van der Waals surface area contributed by atoms with Crippen molar-refractivity contribution in [3.63, 3.8) is 0 Å². The quantitative estimate of drug-likeness (QED) is 0.826. The summed E-state index contributed by atoms with van der Waals surface area (Å²) in [4.78, 5) is 27.1. The Labute approximate surface area is 140 Å². The molecule has 1 heterocycles. The average molecular weight is 341 g/mol. The summed E-state index contributed by atoms with van der Waals surface area (Å²) >= 11 is 5.80. The molecule has 1 aromatic carbocycles. The van der Waals surface area contributed by atoms with Crippen LogP contribution in [0.3, 0.4) is 0 Å². The number of hydrogen-bond acceptors (Lipinski definition) is 4. The van der Waals surface area contributed by atoms with Crippen LogP contribution in [0.25, 0.3) is 0 Å². The summed E-state index contributed by atoms with van der Waals surface area (Å²) in [6, 6.07) is 7.02. The number of nitrogens with zero attached hydrogens (tertiary/aromatic N) is 2. The highest BCUT2D eigenvalue weighted by Crippen LogP contribution is 2.15. The van der Waals surface area contributed by atoms with E-state index in [1.54, 1.807) is 41.0 Å². The van der Waals surface area contributed by atoms with Crippen molar-refractivity contribution < 1.29 is 19.1 Å². The Morgan fingerprint density at radius 1 is 1.09 bits per heavy atom. The van der Waals surface area contributed by atoms with Crippen molar-refractivity contribution in [1.29, 1.82) is 0 Å².